The van der Waals surface area contributed by atoms with E-state index in [4.69, 9.17) is 21.1 Å². The molecule has 108 valence electrons. The van der Waals surface area contributed by atoms with E-state index in [0.717, 1.165) is 13.0 Å². The van der Waals surface area contributed by atoms with Crippen LogP contribution < -0.4 is 20.1 Å². The number of hydrogen-bond acceptors (Lipinski definition) is 4. The topological polar surface area (TPSA) is 59.6 Å². The molecule has 2 unspecified atom stereocenters. The fourth-order valence-corrected chi connectivity index (χ4v) is 2.76. The van der Waals surface area contributed by atoms with Gasteiger partial charge in [-0.3, -0.25) is 4.79 Å². The second-order valence-corrected chi connectivity index (χ2v) is 5.57. The Balaban J connectivity index is 1.78. The molecule has 2 heterocycles. The molecule has 2 N–H and O–H groups in total. The van der Waals surface area contributed by atoms with Gasteiger partial charge in [-0.1, -0.05) is 18.5 Å². The molecule has 1 aromatic rings. The molecule has 0 radical (unpaired) electrons. The van der Waals surface area contributed by atoms with E-state index in [1.807, 2.05) is 0 Å². The number of benzene rings is 1. The van der Waals surface area contributed by atoms with Crippen molar-refractivity contribution in [3.05, 3.63) is 17.2 Å². The Hall–Kier alpha value is -1.46. The monoisotopic (exact) mass is 296 g/mol. The molecule has 0 aliphatic carbocycles. The lowest BCUT2D eigenvalue weighted by atomic mass is 10.0. The average Bonchev–Trinajstić information content (AvgIpc) is 2.86. The molecular formula is C14H17ClN2O3. The Morgan fingerprint density at radius 1 is 1.35 bits per heavy atom. The maximum absolute atomic E-state index is 12.2. The summed E-state index contributed by atoms with van der Waals surface area (Å²) >= 11 is 6.18. The lowest BCUT2D eigenvalue weighted by Gasteiger charge is -2.21. The van der Waals surface area contributed by atoms with Crippen LogP contribution in [-0.4, -0.2) is 31.7 Å². The van der Waals surface area contributed by atoms with E-state index in [2.05, 4.69) is 17.6 Å². The minimum atomic E-state index is -0.167. The smallest absolute Gasteiger partial charge is 0.241 e. The molecule has 20 heavy (non-hydrogen) atoms. The van der Waals surface area contributed by atoms with Gasteiger partial charge in [-0.25, -0.2) is 0 Å². The van der Waals surface area contributed by atoms with Crippen molar-refractivity contribution in [3.8, 4) is 11.5 Å². The van der Waals surface area contributed by atoms with Crippen LogP contribution >= 0.6 is 11.6 Å². The summed E-state index contributed by atoms with van der Waals surface area (Å²) in [6, 6.07) is 3.23. The van der Waals surface area contributed by atoms with Gasteiger partial charge in [0.2, 0.25) is 5.91 Å². The fraction of sp³-hybridized carbons (Fsp3) is 0.500. The molecule has 0 aromatic heterocycles. The SMILES string of the molecule is CC1CCNC1C(=O)Nc1cc2c(cc1Cl)OCCO2. The van der Waals surface area contributed by atoms with E-state index < -0.39 is 0 Å². The maximum atomic E-state index is 12.2. The van der Waals surface area contributed by atoms with Gasteiger partial charge in [0.1, 0.15) is 13.2 Å². The molecule has 1 fully saturated rings. The number of hydrogen-bond donors (Lipinski definition) is 2. The Morgan fingerprint density at radius 3 is 2.70 bits per heavy atom. The van der Waals surface area contributed by atoms with Gasteiger partial charge in [0.25, 0.3) is 0 Å². The third-order valence-corrected chi connectivity index (χ3v) is 4.02. The highest BCUT2D eigenvalue weighted by atomic mass is 35.5. The molecule has 0 bridgehead atoms. The molecule has 1 saturated heterocycles. The van der Waals surface area contributed by atoms with Gasteiger partial charge < -0.3 is 20.1 Å². The van der Waals surface area contributed by atoms with Crippen molar-refractivity contribution in [2.45, 2.75) is 19.4 Å². The number of carbonyl (C=O) groups excluding carboxylic acids is 1. The molecule has 6 heteroatoms. The number of fused-ring (bicyclic) bond motifs is 1. The minimum absolute atomic E-state index is 0.0615. The second kappa shape index (κ2) is 5.50. The first kappa shape index (κ1) is 13.5. The molecule has 0 spiro atoms. The van der Waals surface area contributed by atoms with Crippen LogP contribution in [0.1, 0.15) is 13.3 Å². The first-order chi connectivity index (χ1) is 9.65. The van der Waals surface area contributed by atoms with E-state index in [1.54, 1.807) is 12.1 Å². The largest absolute Gasteiger partial charge is 0.486 e. The predicted octanol–water partition coefficient (Wildman–Crippen LogP) is 2.05. The van der Waals surface area contributed by atoms with Crippen LogP contribution in [0.3, 0.4) is 0 Å². The maximum Gasteiger partial charge on any atom is 0.241 e. The van der Waals surface area contributed by atoms with Crippen molar-refractivity contribution in [1.29, 1.82) is 0 Å². The third-order valence-electron chi connectivity index (χ3n) is 3.71. The van der Waals surface area contributed by atoms with Crippen LogP contribution in [0, 0.1) is 5.92 Å². The van der Waals surface area contributed by atoms with E-state index in [0.29, 0.717) is 41.3 Å². The van der Waals surface area contributed by atoms with Gasteiger partial charge >= 0.3 is 0 Å². The number of halogens is 1. The number of carbonyl (C=O) groups is 1. The molecule has 2 atom stereocenters. The first-order valence-electron chi connectivity index (χ1n) is 6.78. The molecule has 1 amide bonds. The normalized spacial score (nSPS) is 24.5. The summed E-state index contributed by atoms with van der Waals surface area (Å²) in [6.45, 7) is 3.95. The number of rotatable bonds is 2. The van der Waals surface area contributed by atoms with E-state index in [-0.39, 0.29) is 11.9 Å². The van der Waals surface area contributed by atoms with Crippen LogP contribution in [0.15, 0.2) is 12.1 Å². The molecular weight excluding hydrogens is 280 g/mol. The van der Waals surface area contributed by atoms with Crippen molar-refractivity contribution in [2.24, 2.45) is 5.92 Å². The summed E-state index contributed by atoms with van der Waals surface area (Å²) in [4.78, 5) is 12.2. The molecule has 2 aliphatic rings. The van der Waals surface area contributed by atoms with Crippen LogP contribution in [0.5, 0.6) is 11.5 Å². The van der Waals surface area contributed by atoms with Crippen LogP contribution in [0.2, 0.25) is 5.02 Å². The Bertz CT molecular complexity index is 535. The van der Waals surface area contributed by atoms with Gasteiger partial charge in [0, 0.05) is 12.1 Å². The summed E-state index contributed by atoms with van der Waals surface area (Å²) in [5.41, 5.74) is 0.557. The number of nitrogens with one attached hydrogen (secondary N) is 2. The molecule has 5 nitrogen and oxygen atoms in total. The predicted molar refractivity (Wildman–Crippen MR) is 76.6 cm³/mol. The van der Waals surface area contributed by atoms with Crippen LogP contribution in [0.25, 0.3) is 0 Å². The van der Waals surface area contributed by atoms with Crippen molar-refractivity contribution in [3.63, 3.8) is 0 Å². The number of ether oxygens (including phenoxy) is 2. The zero-order valence-corrected chi connectivity index (χ0v) is 12.0. The van der Waals surface area contributed by atoms with E-state index in [1.165, 1.54) is 0 Å². The Kier molecular flexibility index (Phi) is 3.72. The van der Waals surface area contributed by atoms with Gasteiger partial charge in [-0.05, 0) is 18.9 Å². The summed E-state index contributed by atoms with van der Waals surface area (Å²) < 4.78 is 10.9. The van der Waals surface area contributed by atoms with Crippen molar-refractivity contribution >= 4 is 23.2 Å². The summed E-state index contributed by atoms with van der Waals surface area (Å²) in [5.74, 6) is 1.49. The van der Waals surface area contributed by atoms with Crippen LogP contribution in [0.4, 0.5) is 5.69 Å². The average molecular weight is 297 g/mol. The van der Waals surface area contributed by atoms with Gasteiger partial charge in [0.05, 0.1) is 16.8 Å². The molecule has 3 rings (SSSR count). The number of anilines is 1. The highest BCUT2D eigenvalue weighted by molar-refractivity contribution is 6.34. The Labute approximate surface area is 122 Å². The quantitative estimate of drug-likeness (QED) is 0.877. The molecule has 0 saturated carbocycles. The highest BCUT2D eigenvalue weighted by Gasteiger charge is 2.29. The number of amides is 1. The Morgan fingerprint density at radius 2 is 2.05 bits per heavy atom. The van der Waals surface area contributed by atoms with Crippen molar-refractivity contribution < 1.29 is 14.3 Å². The summed E-state index contributed by atoms with van der Waals surface area (Å²) in [5, 5.41) is 6.51. The summed E-state index contributed by atoms with van der Waals surface area (Å²) in [7, 11) is 0. The first-order valence-corrected chi connectivity index (χ1v) is 7.16. The second-order valence-electron chi connectivity index (χ2n) is 5.16. The fourth-order valence-electron chi connectivity index (χ4n) is 2.56. The highest BCUT2D eigenvalue weighted by Crippen LogP contribution is 2.38. The van der Waals surface area contributed by atoms with E-state index in [9.17, 15) is 4.79 Å². The van der Waals surface area contributed by atoms with Gasteiger partial charge in [-0.2, -0.15) is 0 Å². The lowest BCUT2D eigenvalue weighted by molar-refractivity contribution is -0.118. The third kappa shape index (κ3) is 2.55. The zero-order chi connectivity index (χ0) is 14.1. The van der Waals surface area contributed by atoms with Crippen molar-refractivity contribution in [2.75, 3.05) is 25.1 Å². The van der Waals surface area contributed by atoms with Gasteiger partial charge in [0.15, 0.2) is 11.5 Å². The zero-order valence-electron chi connectivity index (χ0n) is 11.2. The van der Waals surface area contributed by atoms with E-state index >= 15 is 0 Å². The summed E-state index contributed by atoms with van der Waals surface area (Å²) in [6.07, 6.45) is 1.01. The lowest BCUT2D eigenvalue weighted by Crippen LogP contribution is -2.39. The standard InChI is InChI=1S/C14H17ClN2O3/c1-8-2-3-16-13(8)14(18)17-10-7-12-11(6-9(10)15)19-4-5-20-12/h6-8,13,16H,2-5H2,1H3,(H,17,18). The minimum Gasteiger partial charge on any atom is -0.486 e. The van der Waals surface area contributed by atoms with Crippen molar-refractivity contribution in [1.82, 2.24) is 5.32 Å². The molecule has 2 aliphatic heterocycles. The molecule has 1 aromatic carbocycles. The van der Waals surface area contributed by atoms with Crippen LogP contribution in [-0.2, 0) is 4.79 Å². The van der Waals surface area contributed by atoms with Gasteiger partial charge in [-0.15, -0.1) is 0 Å².